The molecule has 6 fully saturated rings. The summed E-state index contributed by atoms with van der Waals surface area (Å²) in [6.45, 7) is 1.99. The molecule has 2 amide bonds. The third-order valence-electron chi connectivity index (χ3n) is 9.49. The number of amides is 2. The van der Waals surface area contributed by atoms with Crippen LogP contribution in [0.2, 0.25) is 0 Å². The normalized spacial score (nSPS) is 41.5. The van der Waals surface area contributed by atoms with Crippen molar-refractivity contribution in [2.24, 2.45) is 28.6 Å². The second-order valence-corrected chi connectivity index (χ2v) is 11.6. The highest BCUT2D eigenvalue weighted by Gasteiger charge is 2.77. The van der Waals surface area contributed by atoms with Crippen LogP contribution in [0.25, 0.3) is 0 Å². The second-order valence-electron chi connectivity index (χ2n) is 11.2. The molecule has 6 nitrogen and oxygen atoms in total. The Labute approximate surface area is 195 Å². The molecular formula is C25H32N4O2S. The van der Waals surface area contributed by atoms with Crippen molar-refractivity contribution in [1.82, 2.24) is 15.6 Å². The van der Waals surface area contributed by atoms with Crippen LogP contribution in [0, 0.1) is 28.6 Å². The van der Waals surface area contributed by atoms with Crippen LogP contribution in [0.3, 0.4) is 0 Å². The third-order valence-corrected chi connectivity index (χ3v) is 9.71. The number of nitrogens with zero attached hydrogens (tertiary/aromatic N) is 2. The van der Waals surface area contributed by atoms with Gasteiger partial charge in [-0.05, 0) is 98.4 Å². The molecule has 5 unspecified atom stereocenters. The van der Waals surface area contributed by atoms with Gasteiger partial charge in [-0.2, -0.15) is 0 Å². The molecule has 6 aliphatic rings. The number of para-hydroxylation sites is 1. The number of hydrazine groups is 1. The van der Waals surface area contributed by atoms with Crippen molar-refractivity contribution < 1.29 is 9.59 Å². The number of nitrogens with one attached hydrogen (secondary N) is 2. The molecule has 2 N–H and O–H groups in total. The molecule has 32 heavy (non-hydrogen) atoms. The van der Waals surface area contributed by atoms with E-state index in [-0.39, 0.29) is 23.0 Å². The van der Waals surface area contributed by atoms with Crippen LogP contribution in [0.1, 0.15) is 51.9 Å². The second kappa shape index (κ2) is 7.00. The molecule has 5 aliphatic carbocycles. The van der Waals surface area contributed by atoms with Gasteiger partial charge in [0.05, 0.1) is 11.7 Å². The molecule has 5 saturated carbocycles. The summed E-state index contributed by atoms with van der Waals surface area (Å²) in [6, 6.07) is 9.00. The number of anilines is 1. The largest absolute Gasteiger partial charge is 0.349 e. The number of rotatable bonds is 4. The number of hydrogen-bond acceptors (Lipinski definition) is 4. The first-order valence-electron chi connectivity index (χ1n) is 12.0. The summed E-state index contributed by atoms with van der Waals surface area (Å²) in [5.74, 6) is 1.95. The van der Waals surface area contributed by atoms with Gasteiger partial charge in [-0.1, -0.05) is 18.2 Å². The average Bonchev–Trinajstić information content (AvgIpc) is 3.07. The van der Waals surface area contributed by atoms with Crippen molar-refractivity contribution in [1.29, 1.82) is 0 Å². The molecule has 170 valence electrons. The van der Waals surface area contributed by atoms with Crippen molar-refractivity contribution in [2.75, 3.05) is 12.1 Å². The molecule has 1 aliphatic heterocycles. The lowest BCUT2D eigenvalue weighted by Gasteiger charge is -2.26. The molecule has 5 atom stereocenters. The summed E-state index contributed by atoms with van der Waals surface area (Å²) >= 11 is 5.45. The lowest BCUT2D eigenvalue weighted by Crippen LogP contribution is -2.50. The Kier molecular flexibility index (Phi) is 4.51. The number of likely N-dealkylation sites (N-methyl/N-ethyl adjacent to an activating group) is 1. The van der Waals surface area contributed by atoms with Crippen molar-refractivity contribution >= 4 is 34.8 Å². The van der Waals surface area contributed by atoms with Crippen molar-refractivity contribution in [3.63, 3.8) is 0 Å². The first-order valence-corrected chi connectivity index (χ1v) is 12.4. The van der Waals surface area contributed by atoms with E-state index in [1.165, 1.54) is 38.5 Å². The number of carbonyl (C=O) groups excluding carboxylic acids is 2. The Morgan fingerprint density at radius 1 is 1.16 bits per heavy atom. The van der Waals surface area contributed by atoms with Gasteiger partial charge in [0.25, 0.3) is 5.91 Å². The highest BCUT2D eigenvalue weighted by atomic mass is 32.1. The summed E-state index contributed by atoms with van der Waals surface area (Å²) < 4.78 is 0. The summed E-state index contributed by atoms with van der Waals surface area (Å²) in [5, 5.41) is 9.84. The molecule has 4 bridgehead atoms. The maximum absolute atomic E-state index is 13.1. The van der Waals surface area contributed by atoms with Crippen molar-refractivity contribution in [3.8, 4) is 0 Å². The maximum atomic E-state index is 13.1. The van der Waals surface area contributed by atoms with Gasteiger partial charge in [0.2, 0.25) is 5.91 Å². The molecule has 1 aromatic rings. The lowest BCUT2D eigenvalue weighted by molar-refractivity contribution is -0.121. The molecule has 0 radical (unpaired) electrons. The van der Waals surface area contributed by atoms with E-state index in [2.05, 4.69) is 10.6 Å². The van der Waals surface area contributed by atoms with E-state index in [4.69, 9.17) is 12.2 Å². The zero-order chi connectivity index (χ0) is 22.3. The SMILES string of the molecule is CC1C(NC(=S)NC(=O)CC2CC3CC45CC2CC4(C3)C5)C(=O)N(c2ccccc2)N1C. The number of benzene rings is 1. The van der Waals surface area contributed by atoms with Gasteiger partial charge in [-0.25, -0.2) is 10.0 Å². The summed E-state index contributed by atoms with van der Waals surface area (Å²) in [5.41, 5.74) is 2.16. The van der Waals surface area contributed by atoms with Gasteiger partial charge >= 0.3 is 0 Å². The first kappa shape index (κ1) is 20.6. The fraction of sp³-hybridized carbons (Fsp3) is 0.640. The van der Waals surface area contributed by atoms with Gasteiger partial charge in [0.1, 0.15) is 6.04 Å². The van der Waals surface area contributed by atoms with E-state index in [9.17, 15) is 9.59 Å². The van der Waals surface area contributed by atoms with Crippen LogP contribution >= 0.6 is 12.2 Å². The predicted octanol–water partition coefficient (Wildman–Crippen LogP) is 3.23. The fourth-order valence-corrected chi connectivity index (χ4v) is 8.34. The quantitative estimate of drug-likeness (QED) is 0.687. The minimum Gasteiger partial charge on any atom is -0.349 e. The molecule has 7 heteroatoms. The van der Waals surface area contributed by atoms with Gasteiger partial charge in [-0.3, -0.25) is 9.59 Å². The van der Waals surface area contributed by atoms with Crippen molar-refractivity contribution in [3.05, 3.63) is 30.3 Å². The average molecular weight is 453 g/mol. The van der Waals surface area contributed by atoms with E-state index >= 15 is 0 Å². The number of carbonyl (C=O) groups is 2. The maximum Gasteiger partial charge on any atom is 0.265 e. The first-order chi connectivity index (χ1) is 15.3. The van der Waals surface area contributed by atoms with E-state index in [1.807, 2.05) is 49.3 Å². The van der Waals surface area contributed by atoms with E-state index < -0.39 is 6.04 Å². The fourth-order valence-electron chi connectivity index (χ4n) is 8.09. The summed E-state index contributed by atoms with van der Waals surface area (Å²) in [7, 11) is 1.90. The Hall–Kier alpha value is -1.99. The van der Waals surface area contributed by atoms with E-state index in [0.29, 0.717) is 29.1 Å². The van der Waals surface area contributed by atoms with Crippen LogP contribution in [0.15, 0.2) is 30.3 Å². The van der Waals surface area contributed by atoms with Crippen LogP contribution in [0.4, 0.5) is 5.69 Å². The zero-order valence-electron chi connectivity index (χ0n) is 18.8. The summed E-state index contributed by atoms with van der Waals surface area (Å²) in [6.07, 6.45) is 8.74. The van der Waals surface area contributed by atoms with Crippen molar-refractivity contribution in [2.45, 2.75) is 64.0 Å². The molecule has 0 aromatic heterocycles. The molecule has 2 spiro atoms. The van der Waals surface area contributed by atoms with Crippen LogP contribution < -0.4 is 15.6 Å². The van der Waals surface area contributed by atoms with Crippen LogP contribution in [0.5, 0.6) is 0 Å². The smallest absolute Gasteiger partial charge is 0.265 e. The molecule has 1 aromatic carbocycles. The minimum absolute atomic E-state index is 0.00917. The van der Waals surface area contributed by atoms with E-state index in [1.54, 1.807) is 5.01 Å². The van der Waals surface area contributed by atoms with Gasteiger partial charge in [0, 0.05) is 13.5 Å². The number of thiocarbonyl (C=S) groups is 1. The Bertz CT molecular complexity index is 965. The monoisotopic (exact) mass is 452 g/mol. The molecule has 1 saturated heterocycles. The predicted molar refractivity (Wildman–Crippen MR) is 126 cm³/mol. The Balaban J connectivity index is 1.06. The minimum atomic E-state index is -0.501. The zero-order valence-corrected chi connectivity index (χ0v) is 19.7. The summed E-state index contributed by atoms with van der Waals surface area (Å²) in [4.78, 5) is 26.0. The number of fused-ring (bicyclic) bond motifs is 1. The Morgan fingerprint density at radius 2 is 1.84 bits per heavy atom. The van der Waals surface area contributed by atoms with E-state index in [0.717, 1.165) is 11.6 Å². The van der Waals surface area contributed by atoms with Gasteiger partial charge in [0.15, 0.2) is 5.11 Å². The molecule has 1 heterocycles. The topological polar surface area (TPSA) is 64.7 Å². The number of hydrogen-bond donors (Lipinski definition) is 2. The standard InChI is InChI=1S/C25H32N4O2S/c1-15-21(22(31)29(28(15)2)19-6-4-3-5-7-19)27-23(32)26-20(30)9-17-8-16-10-24-12-18(17)13-25(24,11-16)14-24/h3-7,15-18,21H,8-14H2,1-2H3,(H2,26,27,30,32). The lowest BCUT2D eigenvalue weighted by atomic mass is 9.84. The highest BCUT2D eigenvalue weighted by molar-refractivity contribution is 7.80. The Morgan fingerprint density at radius 3 is 2.53 bits per heavy atom. The molecule has 7 rings (SSSR count). The van der Waals surface area contributed by atoms with Gasteiger partial charge in [-0.15, -0.1) is 0 Å². The van der Waals surface area contributed by atoms with Crippen LogP contribution in [-0.2, 0) is 9.59 Å². The molecular weight excluding hydrogens is 420 g/mol. The van der Waals surface area contributed by atoms with Crippen LogP contribution in [-0.4, -0.2) is 41.1 Å². The third kappa shape index (κ3) is 2.97. The van der Waals surface area contributed by atoms with Gasteiger partial charge < -0.3 is 10.6 Å². The highest BCUT2D eigenvalue weighted by Crippen LogP contribution is 2.86.